The fourth-order valence-corrected chi connectivity index (χ4v) is 4.45. The molecular weight excluding hydrogens is 446 g/mol. The van der Waals surface area contributed by atoms with Crippen LogP contribution in [-0.2, 0) is 20.4 Å². The van der Waals surface area contributed by atoms with Crippen molar-refractivity contribution < 1.29 is 18.0 Å². The summed E-state index contributed by atoms with van der Waals surface area (Å²) in [4.78, 5) is 24.7. The molecule has 28 heavy (non-hydrogen) atoms. The van der Waals surface area contributed by atoms with E-state index in [1.807, 2.05) is 0 Å². The van der Waals surface area contributed by atoms with Crippen LogP contribution in [0.4, 0.5) is 0 Å². The second-order valence-corrected chi connectivity index (χ2v) is 8.98. The minimum atomic E-state index is -3.73. The Morgan fingerprint density at radius 2 is 1.82 bits per heavy atom. The third-order valence-corrected chi connectivity index (χ3v) is 5.80. The largest absolute Gasteiger partial charge is 0.341 e. The zero-order valence-electron chi connectivity index (χ0n) is 14.8. The second-order valence-electron chi connectivity index (χ2n) is 5.95. The lowest BCUT2D eigenvalue weighted by atomic mass is 10.2. The standard InChI is InChI=1S/C19H18BrN3O4S/c20-16-8-4-5-14(11-16)12-28(26,27)13-17(19(25)22-10-9-21)23-18(24)15-6-2-1-3-7-15/h1-8,11,17H,10,12-13H2,(H,22,25)(H,23,24). The first-order valence-corrected chi connectivity index (χ1v) is 10.9. The van der Waals surface area contributed by atoms with Crippen molar-refractivity contribution in [1.82, 2.24) is 10.6 Å². The van der Waals surface area contributed by atoms with Gasteiger partial charge in [-0.15, -0.1) is 0 Å². The first kappa shape index (κ1) is 21.6. The van der Waals surface area contributed by atoms with E-state index < -0.39 is 33.4 Å². The van der Waals surface area contributed by atoms with E-state index in [1.165, 1.54) is 0 Å². The maximum absolute atomic E-state index is 12.6. The quantitative estimate of drug-likeness (QED) is 0.578. The molecule has 2 rings (SSSR count). The maximum Gasteiger partial charge on any atom is 0.251 e. The van der Waals surface area contributed by atoms with Gasteiger partial charge >= 0.3 is 0 Å². The molecule has 7 nitrogen and oxygen atoms in total. The van der Waals surface area contributed by atoms with Crippen molar-refractivity contribution >= 4 is 37.6 Å². The Morgan fingerprint density at radius 3 is 2.46 bits per heavy atom. The number of rotatable bonds is 8. The summed E-state index contributed by atoms with van der Waals surface area (Å²) < 4.78 is 25.9. The number of halogens is 1. The molecule has 0 aliphatic carbocycles. The zero-order valence-corrected chi connectivity index (χ0v) is 17.2. The molecule has 1 unspecified atom stereocenters. The van der Waals surface area contributed by atoms with E-state index in [2.05, 4.69) is 26.6 Å². The molecule has 2 aromatic rings. The van der Waals surface area contributed by atoms with Crippen molar-refractivity contribution in [3.8, 4) is 6.07 Å². The predicted octanol–water partition coefficient (Wildman–Crippen LogP) is 1.80. The van der Waals surface area contributed by atoms with Gasteiger partial charge in [0.25, 0.3) is 5.91 Å². The Hall–Kier alpha value is -2.70. The number of carbonyl (C=O) groups excluding carboxylic acids is 2. The average molecular weight is 464 g/mol. The summed E-state index contributed by atoms with van der Waals surface area (Å²) >= 11 is 3.28. The molecule has 0 spiro atoms. The van der Waals surface area contributed by atoms with Gasteiger partial charge in [0.1, 0.15) is 12.6 Å². The van der Waals surface area contributed by atoms with Gasteiger partial charge in [-0.2, -0.15) is 5.26 Å². The number of carbonyl (C=O) groups is 2. The van der Waals surface area contributed by atoms with Gasteiger partial charge in [-0.25, -0.2) is 8.42 Å². The lowest BCUT2D eigenvalue weighted by Crippen LogP contribution is -2.50. The molecule has 0 aromatic heterocycles. The minimum absolute atomic E-state index is 0.282. The van der Waals surface area contributed by atoms with E-state index in [1.54, 1.807) is 60.7 Å². The van der Waals surface area contributed by atoms with Gasteiger partial charge < -0.3 is 10.6 Å². The van der Waals surface area contributed by atoms with E-state index in [4.69, 9.17) is 5.26 Å². The smallest absolute Gasteiger partial charge is 0.251 e. The number of amides is 2. The number of nitriles is 1. The van der Waals surface area contributed by atoms with E-state index in [0.29, 0.717) is 11.1 Å². The summed E-state index contributed by atoms with van der Waals surface area (Å²) in [5.41, 5.74) is 0.852. The molecule has 0 saturated carbocycles. The van der Waals surface area contributed by atoms with Crippen LogP contribution in [0.15, 0.2) is 59.1 Å². The van der Waals surface area contributed by atoms with E-state index >= 15 is 0 Å². The van der Waals surface area contributed by atoms with Crippen LogP contribution in [0.1, 0.15) is 15.9 Å². The van der Waals surface area contributed by atoms with Crippen molar-refractivity contribution in [2.75, 3.05) is 12.3 Å². The number of sulfone groups is 1. The average Bonchev–Trinajstić information content (AvgIpc) is 2.65. The van der Waals surface area contributed by atoms with Crippen LogP contribution in [0, 0.1) is 11.3 Å². The van der Waals surface area contributed by atoms with Crippen molar-refractivity contribution in [2.24, 2.45) is 0 Å². The number of hydrogen-bond donors (Lipinski definition) is 2. The molecule has 0 radical (unpaired) electrons. The van der Waals surface area contributed by atoms with Crippen LogP contribution >= 0.6 is 15.9 Å². The summed E-state index contributed by atoms with van der Waals surface area (Å²) in [5, 5.41) is 13.4. The summed E-state index contributed by atoms with van der Waals surface area (Å²) in [6.07, 6.45) is 0. The molecule has 0 aliphatic heterocycles. The fourth-order valence-electron chi connectivity index (χ4n) is 2.46. The molecule has 2 amide bonds. The predicted molar refractivity (Wildman–Crippen MR) is 108 cm³/mol. The number of nitrogens with zero attached hydrogens (tertiary/aromatic N) is 1. The van der Waals surface area contributed by atoms with Crippen LogP contribution in [0.3, 0.4) is 0 Å². The third-order valence-electron chi connectivity index (χ3n) is 3.70. The van der Waals surface area contributed by atoms with Crippen molar-refractivity contribution in [3.63, 3.8) is 0 Å². The SMILES string of the molecule is N#CCNC(=O)C(CS(=O)(=O)Cc1cccc(Br)c1)NC(=O)c1ccccc1. The van der Waals surface area contributed by atoms with Gasteiger partial charge in [0.05, 0.1) is 17.6 Å². The third kappa shape index (κ3) is 6.79. The fraction of sp³-hybridized carbons (Fsp3) is 0.211. The highest BCUT2D eigenvalue weighted by molar-refractivity contribution is 9.10. The minimum Gasteiger partial charge on any atom is -0.341 e. The van der Waals surface area contributed by atoms with Crippen LogP contribution in [0.2, 0.25) is 0 Å². The molecule has 1 atom stereocenters. The molecule has 0 heterocycles. The van der Waals surface area contributed by atoms with E-state index in [-0.39, 0.29) is 12.3 Å². The Bertz CT molecular complexity index is 988. The van der Waals surface area contributed by atoms with Crippen molar-refractivity contribution in [1.29, 1.82) is 5.26 Å². The molecule has 9 heteroatoms. The number of hydrogen-bond acceptors (Lipinski definition) is 5. The molecule has 0 saturated heterocycles. The lowest BCUT2D eigenvalue weighted by molar-refractivity contribution is -0.122. The van der Waals surface area contributed by atoms with Gasteiger partial charge in [-0.1, -0.05) is 46.3 Å². The Labute approximate surface area is 171 Å². The van der Waals surface area contributed by atoms with Gasteiger partial charge in [0.2, 0.25) is 5.91 Å². The molecule has 0 fully saturated rings. The topological polar surface area (TPSA) is 116 Å². The molecule has 0 bridgehead atoms. The normalized spacial score (nSPS) is 11.9. The summed E-state index contributed by atoms with van der Waals surface area (Å²) in [6.45, 7) is -0.289. The van der Waals surface area contributed by atoms with Crippen LogP contribution < -0.4 is 10.6 Å². The Balaban J connectivity index is 2.17. The summed E-state index contributed by atoms with van der Waals surface area (Å²) in [6, 6.07) is 15.4. The van der Waals surface area contributed by atoms with Crippen LogP contribution in [0.25, 0.3) is 0 Å². The summed E-state index contributed by atoms with van der Waals surface area (Å²) in [7, 11) is -3.73. The van der Waals surface area contributed by atoms with Gasteiger partial charge in [0, 0.05) is 10.0 Å². The van der Waals surface area contributed by atoms with Gasteiger partial charge in [-0.05, 0) is 29.8 Å². The summed E-state index contributed by atoms with van der Waals surface area (Å²) in [5.74, 6) is -2.18. The molecule has 2 N–H and O–H groups in total. The highest BCUT2D eigenvalue weighted by atomic mass is 79.9. The van der Waals surface area contributed by atoms with Gasteiger partial charge in [-0.3, -0.25) is 9.59 Å². The molecule has 2 aromatic carbocycles. The number of nitrogens with one attached hydrogen (secondary N) is 2. The van der Waals surface area contributed by atoms with E-state index in [0.717, 1.165) is 4.47 Å². The first-order valence-electron chi connectivity index (χ1n) is 8.26. The lowest BCUT2D eigenvalue weighted by Gasteiger charge is -2.18. The number of benzene rings is 2. The molecular formula is C19H18BrN3O4S. The first-order chi connectivity index (χ1) is 13.3. The van der Waals surface area contributed by atoms with Crippen LogP contribution in [-0.4, -0.2) is 38.6 Å². The molecule has 146 valence electrons. The van der Waals surface area contributed by atoms with Crippen molar-refractivity contribution in [2.45, 2.75) is 11.8 Å². The van der Waals surface area contributed by atoms with Crippen LogP contribution in [0.5, 0.6) is 0 Å². The Morgan fingerprint density at radius 1 is 1.11 bits per heavy atom. The Kier molecular flexibility index (Phi) is 7.72. The van der Waals surface area contributed by atoms with Gasteiger partial charge in [0.15, 0.2) is 9.84 Å². The second kappa shape index (κ2) is 10.0. The highest BCUT2D eigenvalue weighted by Crippen LogP contribution is 2.15. The monoisotopic (exact) mass is 463 g/mol. The molecule has 0 aliphatic rings. The van der Waals surface area contributed by atoms with E-state index in [9.17, 15) is 18.0 Å². The maximum atomic E-state index is 12.6. The zero-order chi connectivity index (χ0) is 20.6. The highest BCUT2D eigenvalue weighted by Gasteiger charge is 2.27. The van der Waals surface area contributed by atoms with Crippen molar-refractivity contribution in [3.05, 3.63) is 70.2 Å².